The van der Waals surface area contributed by atoms with Crippen LogP contribution in [0.25, 0.3) is 11.3 Å². The zero-order valence-corrected chi connectivity index (χ0v) is 11.5. The number of carbonyl (C=O) groups excluding carboxylic acids is 1. The number of carbonyl (C=O) groups is 1. The molecule has 4 nitrogen and oxygen atoms in total. The monoisotopic (exact) mass is 278 g/mol. The molecule has 1 amide bonds. The number of nitrogens with one attached hydrogen (secondary N) is 1. The fraction of sp³-hybridized carbons (Fsp3) is 0.0588. The van der Waals surface area contributed by atoms with Crippen molar-refractivity contribution in [2.24, 2.45) is 0 Å². The van der Waals surface area contributed by atoms with Crippen molar-refractivity contribution in [3.8, 4) is 11.3 Å². The third-order valence-corrected chi connectivity index (χ3v) is 3.11. The second kappa shape index (κ2) is 5.63. The van der Waals surface area contributed by atoms with Crippen LogP contribution in [0, 0.1) is 6.92 Å². The fourth-order valence-electron chi connectivity index (χ4n) is 1.96. The van der Waals surface area contributed by atoms with E-state index in [0.717, 1.165) is 16.8 Å². The molecule has 0 aliphatic heterocycles. The van der Waals surface area contributed by atoms with E-state index >= 15 is 0 Å². The van der Waals surface area contributed by atoms with Crippen LogP contribution < -0.4 is 5.32 Å². The minimum atomic E-state index is -0.312. The van der Waals surface area contributed by atoms with Crippen molar-refractivity contribution in [3.63, 3.8) is 0 Å². The van der Waals surface area contributed by atoms with Crippen LogP contribution >= 0.6 is 0 Å². The number of aryl methyl sites for hydroxylation is 1. The predicted molar refractivity (Wildman–Crippen MR) is 81.1 cm³/mol. The van der Waals surface area contributed by atoms with Crippen molar-refractivity contribution in [3.05, 3.63) is 72.0 Å². The largest absolute Gasteiger partial charge is 0.350 e. The van der Waals surface area contributed by atoms with Crippen LogP contribution in [0.15, 0.2) is 65.2 Å². The lowest BCUT2D eigenvalue weighted by molar-refractivity contribution is 0.0988. The van der Waals surface area contributed by atoms with Crippen molar-refractivity contribution in [2.45, 2.75) is 6.92 Å². The highest BCUT2D eigenvalue weighted by Crippen LogP contribution is 2.19. The summed E-state index contributed by atoms with van der Waals surface area (Å²) in [7, 11) is 0. The van der Waals surface area contributed by atoms with Crippen molar-refractivity contribution >= 4 is 11.6 Å². The Morgan fingerprint density at radius 1 is 1.05 bits per heavy atom. The summed E-state index contributed by atoms with van der Waals surface area (Å²) in [5.74, 6) is -0.122. The first kappa shape index (κ1) is 13.1. The molecule has 0 aliphatic rings. The van der Waals surface area contributed by atoms with E-state index in [4.69, 9.17) is 4.52 Å². The summed E-state index contributed by atoms with van der Waals surface area (Å²) >= 11 is 0. The molecule has 4 heteroatoms. The van der Waals surface area contributed by atoms with Crippen molar-refractivity contribution in [2.75, 3.05) is 5.32 Å². The van der Waals surface area contributed by atoms with Gasteiger partial charge in [0.1, 0.15) is 5.69 Å². The molecule has 1 aromatic heterocycles. The molecular weight excluding hydrogens is 264 g/mol. The Bertz CT molecular complexity index is 746. The van der Waals surface area contributed by atoms with E-state index in [0.29, 0.717) is 5.69 Å². The molecule has 3 aromatic rings. The summed E-state index contributed by atoms with van der Waals surface area (Å²) in [5, 5.41) is 6.70. The second-order valence-corrected chi connectivity index (χ2v) is 4.76. The Hall–Kier alpha value is -2.88. The summed E-state index contributed by atoms with van der Waals surface area (Å²) < 4.78 is 5.11. The normalized spacial score (nSPS) is 10.3. The highest BCUT2D eigenvalue weighted by atomic mass is 16.5. The third-order valence-electron chi connectivity index (χ3n) is 3.11. The van der Waals surface area contributed by atoms with Gasteiger partial charge in [0.15, 0.2) is 0 Å². The average Bonchev–Trinajstić information content (AvgIpc) is 3.00. The number of aromatic nitrogens is 1. The number of benzene rings is 2. The molecule has 2 aromatic carbocycles. The lowest BCUT2D eigenvalue weighted by Crippen LogP contribution is -2.10. The molecule has 0 aliphatic carbocycles. The molecule has 1 heterocycles. The molecule has 1 N–H and O–H groups in total. The van der Waals surface area contributed by atoms with Gasteiger partial charge in [-0.05, 0) is 19.1 Å². The first-order chi connectivity index (χ1) is 10.2. The van der Waals surface area contributed by atoms with Crippen LogP contribution in [0.4, 0.5) is 5.69 Å². The second-order valence-electron chi connectivity index (χ2n) is 4.76. The first-order valence-electron chi connectivity index (χ1n) is 6.62. The maximum atomic E-state index is 12.1. The molecule has 0 radical (unpaired) electrons. The van der Waals surface area contributed by atoms with Gasteiger partial charge in [-0.3, -0.25) is 4.79 Å². The summed E-state index contributed by atoms with van der Waals surface area (Å²) in [6.45, 7) is 1.99. The van der Waals surface area contributed by atoms with E-state index in [-0.39, 0.29) is 11.7 Å². The van der Waals surface area contributed by atoms with E-state index in [2.05, 4.69) is 10.5 Å². The molecule has 0 unspecified atom stereocenters. The topological polar surface area (TPSA) is 55.1 Å². The number of hydrogen-bond acceptors (Lipinski definition) is 3. The fourth-order valence-corrected chi connectivity index (χ4v) is 1.96. The van der Waals surface area contributed by atoms with Gasteiger partial charge in [0, 0.05) is 17.3 Å². The van der Waals surface area contributed by atoms with Gasteiger partial charge in [0.25, 0.3) is 5.91 Å². The third kappa shape index (κ3) is 3.00. The van der Waals surface area contributed by atoms with Crippen LogP contribution in [-0.2, 0) is 0 Å². The zero-order chi connectivity index (χ0) is 14.7. The van der Waals surface area contributed by atoms with Crippen LogP contribution in [0.2, 0.25) is 0 Å². The Morgan fingerprint density at radius 3 is 2.48 bits per heavy atom. The predicted octanol–water partition coefficient (Wildman–Crippen LogP) is 3.90. The Balaban J connectivity index is 1.77. The highest BCUT2D eigenvalue weighted by molar-refractivity contribution is 6.02. The Kier molecular flexibility index (Phi) is 3.51. The van der Waals surface area contributed by atoms with E-state index < -0.39 is 0 Å². The Morgan fingerprint density at radius 2 is 1.76 bits per heavy atom. The average molecular weight is 278 g/mol. The molecule has 0 atom stereocenters. The Labute approximate surface area is 122 Å². The number of rotatable bonds is 3. The quantitative estimate of drug-likeness (QED) is 0.790. The van der Waals surface area contributed by atoms with Gasteiger partial charge < -0.3 is 9.84 Å². The van der Waals surface area contributed by atoms with Gasteiger partial charge in [-0.2, -0.15) is 0 Å². The summed E-state index contributed by atoms with van der Waals surface area (Å²) in [6, 6.07) is 18.8. The van der Waals surface area contributed by atoms with Gasteiger partial charge in [-0.25, -0.2) is 0 Å². The van der Waals surface area contributed by atoms with Gasteiger partial charge in [0.2, 0.25) is 5.76 Å². The summed E-state index contributed by atoms with van der Waals surface area (Å²) in [4.78, 5) is 12.1. The first-order valence-corrected chi connectivity index (χ1v) is 6.62. The number of anilines is 1. The van der Waals surface area contributed by atoms with Gasteiger partial charge >= 0.3 is 0 Å². The van der Waals surface area contributed by atoms with Crippen molar-refractivity contribution in [1.29, 1.82) is 0 Å². The maximum Gasteiger partial charge on any atom is 0.294 e. The number of hydrogen-bond donors (Lipinski definition) is 1. The lowest BCUT2D eigenvalue weighted by atomic mass is 10.1. The van der Waals surface area contributed by atoms with E-state index in [1.807, 2.05) is 61.5 Å². The molecule has 0 saturated heterocycles. The van der Waals surface area contributed by atoms with Gasteiger partial charge in [0.05, 0.1) is 0 Å². The van der Waals surface area contributed by atoms with Crippen LogP contribution in [0.5, 0.6) is 0 Å². The highest BCUT2D eigenvalue weighted by Gasteiger charge is 2.14. The summed E-state index contributed by atoms with van der Waals surface area (Å²) in [5.41, 5.74) is 3.42. The van der Waals surface area contributed by atoms with Crippen LogP contribution in [0.3, 0.4) is 0 Å². The standard InChI is InChI=1S/C17H14N2O2/c1-12-7-9-14(10-8-12)18-17(20)16-11-15(19-21-16)13-5-3-2-4-6-13/h2-11H,1H3,(H,18,20). The SMILES string of the molecule is Cc1ccc(NC(=O)c2cc(-c3ccccc3)no2)cc1. The van der Waals surface area contributed by atoms with Gasteiger partial charge in [-0.15, -0.1) is 0 Å². The molecule has 0 bridgehead atoms. The molecule has 0 fully saturated rings. The molecule has 104 valence electrons. The molecule has 0 saturated carbocycles. The summed E-state index contributed by atoms with van der Waals surface area (Å²) in [6.07, 6.45) is 0. The molecule has 0 spiro atoms. The zero-order valence-electron chi connectivity index (χ0n) is 11.5. The maximum absolute atomic E-state index is 12.1. The molecule has 3 rings (SSSR count). The van der Waals surface area contributed by atoms with Crippen LogP contribution in [-0.4, -0.2) is 11.1 Å². The van der Waals surface area contributed by atoms with E-state index in [1.165, 1.54) is 0 Å². The van der Waals surface area contributed by atoms with E-state index in [9.17, 15) is 4.79 Å². The molecular formula is C17H14N2O2. The van der Waals surface area contributed by atoms with Gasteiger partial charge in [-0.1, -0.05) is 53.2 Å². The lowest BCUT2D eigenvalue weighted by Gasteiger charge is -2.02. The van der Waals surface area contributed by atoms with E-state index in [1.54, 1.807) is 6.07 Å². The van der Waals surface area contributed by atoms with Crippen LogP contribution in [0.1, 0.15) is 16.1 Å². The number of nitrogens with zero attached hydrogens (tertiary/aromatic N) is 1. The minimum absolute atomic E-state index is 0.189. The minimum Gasteiger partial charge on any atom is -0.350 e. The van der Waals surface area contributed by atoms with Crippen molar-refractivity contribution in [1.82, 2.24) is 5.16 Å². The smallest absolute Gasteiger partial charge is 0.294 e. The molecule has 21 heavy (non-hydrogen) atoms. The number of amides is 1. The van der Waals surface area contributed by atoms with Crippen molar-refractivity contribution < 1.29 is 9.32 Å².